The fraction of sp³-hybridized carbons (Fsp3) is 0.468. The average molecular weight is 782 g/mol. The van der Waals surface area contributed by atoms with Crippen LogP contribution >= 0.6 is 0 Å². The number of amides is 2. The molecule has 3 aromatic carbocycles. The van der Waals surface area contributed by atoms with Gasteiger partial charge in [-0.1, -0.05) is 152 Å². The largest absolute Gasteiger partial charge is 0.374 e. The Labute approximate surface area is 341 Å². The van der Waals surface area contributed by atoms with Crippen molar-refractivity contribution in [2.75, 3.05) is 19.0 Å². The molecule has 0 aliphatic heterocycles. The molecule has 57 heavy (non-hydrogen) atoms. The lowest BCUT2D eigenvalue weighted by atomic mass is 9.93. The summed E-state index contributed by atoms with van der Waals surface area (Å²) in [5.74, 6) is 0.300. The monoisotopic (exact) mass is 782 g/mol. The highest BCUT2D eigenvalue weighted by Gasteiger charge is 2.31. The molecular formula is C47H67N5O5. The Hall–Kier alpha value is -4.93. The first-order valence-corrected chi connectivity index (χ1v) is 20.1. The second kappa shape index (κ2) is 24.6. The number of nitrogens with zero attached hydrogens (tertiary/aromatic N) is 2. The number of likely N-dealkylation sites (N-methyl/N-ethyl adjacent to an activating group) is 1. The molecular weight excluding hydrogens is 715 g/mol. The second-order valence-corrected chi connectivity index (χ2v) is 16.2. The van der Waals surface area contributed by atoms with Gasteiger partial charge in [0.2, 0.25) is 5.91 Å². The van der Waals surface area contributed by atoms with E-state index in [1.165, 1.54) is 38.9 Å². The van der Waals surface area contributed by atoms with Crippen molar-refractivity contribution in [3.05, 3.63) is 109 Å². The van der Waals surface area contributed by atoms with E-state index in [-0.39, 0.29) is 36.1 Å². The number of aldehydes is 1. The highest BCUT2D eigenvalue weighted by molar-refractivity contribution is 5.98. The maximum atomic E-state index is 13.3. The zero-order valence-electron chi connectivity index (χ0n) is 35.9. The first-order chi connectivity index (χ1) is 27.0. The van der Waals surface area contributed by atoms with E-state index < -0.39 is 23.5 Å². The first kappa shape index (κ1) is 48.2. The Morgan fingerprint density at radius 1 is 0.842 bits per heavy atom. The maximum Gasteiger partial charge on any atom is 0.250 e. The SMILES string of the molecule is CC(C)(C)CC=O.CCCC(C)CCC.CNC(C)(C)C(=O)NC(COCc1ccccc1)C(=O)Nc1cn(C(C(C)=O)c2ccc(-c3ccccc3)cc2)cn1. The first-order valence-electron chi connectivity index (χ1n) is 20.1. The summed E-state index contributed by atoms with van der Waals surface area (Å²) >= 11 is 0. The van der Waals surface area contributed by atoms with Crippen molar-refractivity contribution in [2.24, 2.45) is 11.3 Å². The predicted octanol–water partition coefficient (Wildman–Crippen LogP) is 9.21. The third kappa shape index (κ3) is 17.8. The summed E-state index contributed by atoms with van der Waals surface area (Å²) in [4.78, 5) is 53.0. The molecule has 1 aromatic heterocycles. The molecule has 0 saturated heterocycles. The highest BCUT2D eigenvalue weighted by Crippen LogP contribution is 2.25. The van der Waals surface area contributed by atoms with Crippen molar-refractivity contribution in [1.82, 2.24) is 20.2 Å². The lowest BCUT2D eigenvalue weighted by Crippen LogP contribution is -2.57. The summed E-state index contributed by atoms with van der Waals surface area (Å²) < 4.78 is 7.46. The van der Waals surface area contributed by atoms with Gasteiger partial charge in [-0.3, -0.25) is 14.4 Å². The van der Waals surface area contributed by atoms with Gasteiger partial charge in [0.25, 0.3) is 5.91 Å². The molecule has 2 atom stereocenters. The Bertz CT molecular complexity index is 1760. The van der Waals surface area contributed by atoms with E-state index in [9.17, 15) is 19.2 Å². The van der Waals surface area contributed by atoms with Crippen LogP contribution in [0.1, 0.15) is 112 Å². The van der Waals surface area contributed by atoms with Crippen LogP contribution in [0.5, 0.6) is 0 Å². The van der Waals surface area contributed by atoms with E-state index in [0.29, 0.717) is 6.42 Å². The topological polar surface area (TPSA) is 131 Å². The predicted molar refractivity (Wildman–Crippen MR) is 232 cm³/mol. The molecule has 2 unspecified atom stereocenters. The number of anilines is 1. The van der Waals surface area contributed by atoms with Gasteiger partial charge >= 0.3 is 0 Å². The zero-order chi connectivity index (χ0) is 42.4. The molecule has 4 rings (SSSR count). The molecule has 0 radical (unpaired) electrons. The van der Waals surface area contributed by atoms with Gasteiger partial charge in [-0.2, -0.15) is 0 Å². The summed E-state index contributed by atoms with van der Waals surface area (Å²) in [7, 11) is 1.67. The summed E-state index contributed by atoms with van der Waals surface area (Å²) in [6.07, 6.45) is 10.3. The van der Waals surface area contributed by atoms with E-state index in [2.05, 4.69) is 41.7 Å². The molecule has 0 saturated carbocycles. The van der Waals surface area contributed by atoms with Crippen molar-refractivity contribution in [3.63, 3.8) is 0 Å². The van der Waals surface area contributed by atoms with Gasteiger partial charge in [-0.25, -0.2) is 4.98 Å². The quantitative estimate of drug-likeness (QED) is 0.0858. The number of Topliss-reactive ketones (excluding diaryl/α,β-unsaturated/α-hetero) is 1. The number of carbonyl (C=O) groups excluding carboxylic acids is 4. The van der Waals surface area contributed by atoms with Gasteiger partial charge in [0.1, 0.15) is 18.4 Å². The van der Waals surface area contributed by atoms with E-state index in [0.717, 1.165) is 34.5 Å². The van der Waals surface area contributed by atoms with Crippen LogP contribution in [0, 0.1) is 11.3 Å². The minimum absolute atomic E-state index is 0.0448. The number of nitrogens with one attached hydrogen (secondary N) is 3. The number of hydrogen-bond donors (Lipinski definition) is 3. The van der Waals surface area contributed by atoms with Crippen LogP contribution in [0.3, 0.4) is 0 Å². The summed E-state index contributed by atoms with van der Waals surface area (Å²) in [5, 5.41) is 8.48. The molecule has 4 aromatic rings. The third-order valence-corrected chi connectivity index (χ3v) is 9.34. The second-order valence-electron chi connectivity index (χ2n) is 16.2. The van der Waals surface area contributed by atoms with Gasteiger partial charge in [-0.15, -0.1) is 0 Å². The van der Waals surface area contributed by atoms with Crippen molar-refractivity contribution in [2.45, 2.75) is 119 Å². The summed E-state index contributed by atoms with van der Waals surface area (Å²) in [6.45, 7) is 18.2. The summed E-state index contributed by atoms with van der Waals surface area (Å²) in [6, 6.07) is 25.8. The normalized spacial score (nSPS) is 12.3. The lowest BCUT2D eigenvalue weighted by molar-refractivity contribution is -0.131. The molecule has 0 spiro atoms. The zero-order valence-corrected chi connectivity index (χ0v) is 35.9. The van der Waals surface area contributed by atoms with Crippen LogP contribution in [0.25, 0.3) is 11.1 Å². The standard InChI is InChI=1S/C33H37N5O4.C8H18.C6H12O/c1-23(39)30(27-17-15-26(16-18-27)25-13-9-6-10-14-25)38-19-29(35-22-38)37-31(40)28(36-32(41)33(2,3)34-4)21-42-20-24-11-7-5-8-12-24;1-4-6-8(3)7-5-2;1-6(2,3)4-5-7/h5-19,22,28,30,34H,20-21H2,1-4H3,(H,36,41)(H,37,40);8H,4-7H2,1-3H3;5H,4H2,1-3H3. The minimum atomic E-state index is -0.979. The number of hydrogen-bond acceptors (Lipinski definition) is 7. The van der Waals surface area contributed by atoms with E-state index >= 15 is 0 Å². The van der Waals surface area contributed by atoms with E-state index in [1.54, 1.807) is 31.7 Å². The number of ketones is 1. The van der Waals surface area contributed by atoms with Gasteiger partial charge < -0.3 is 30.0 Å². The van der Waals surface area contributed by atoms with Crippen LogP contribution in [0.15, 0.2) is 97.5 Å². The molecule has 10 nitrogen and oxygen atoms in total. The average Bonchev–Trinajstić information content (AvgIpc) is 3.63. The maximum absolute atomic E-state index is 13.3. The number of ether oxygens (including phenoxy) is 1. The highest BCUT2D eigenvalue weighted by atomic mass is 16.5. The van der Waals surface area contributed by atoms with Gasteiger partial charge in [0, 0.05) is 12.6 Å². The Balaban J connectivity index is 0.000000631. The van der Waals surface area contributed by atoms with Gasteiger partial charge in [-0.05, 0) is 61.4 Å². The Kier molecular flexibility index (Phi) is 20.9. The molecule has 3 N–H and O–H groups in total. The molecule has 1 heterocycles. The smallest absolute Gasteiger partial charge is 0.250 e. The molecule has 0 aliphatic rings. The fourth-order valence-corrected chi connectivity index (χ4v) is 5.74. The Morgan fingerprint density at radius 3 is 1.89 bits per heavy atom. The van der Waals surface area contributed by atoms with Crippen molar-refractivity contribution >= 4 is 29.7 Å². The van der Waals surface area contributed by atoms with Crippen molar-refractivity contribution < 1.29 is 23.9 Å². The molecule has 310 valence electrons. The number of imidazole rings is 1. The van der Waals surface area contributed by atoms with Crippen LogP contribution in [-0.4, -0.2) is 58.7 Å². The van der Waals surface area contributed by atoms with Crippen LogP contribution in [0.2, 0.25) is 0 Å². The molecule has 0 fully saturated rings. The Morgan fingerprint density at radius 2 is 1.40 bits per heavy atom. The number of aromatic nitrogens is 2. The van der Waals surface area contributed by atoms with E-state index in [1.807, 2.05) is 106 Å². The van der Waals surface area contributed by atoms with E-state index in [4.69, 9.17) is 4.74 Å². The fourth-order valence-electron chi connectivity index (χ4n) is 5.74. The van der Waals surface area contributed by atoms with Crippen LogP contribution < -0.4 is 16.0 Å². The molecule has 0 bridgehead atoms. The lowest BCUT2D eigenvalue weighted by Gasteiger charge is -2.26. The van der Waals surface area contributed by atoms with Crippen LogP contribution in [-0.2, 0) is 30.5 Å². The van der Waals surface area contributed by atoms with Crippen molar-refractivity contribution in [1.29, 1.82) is 0 Å². The number of rotatable bonds is 18. The summed E-state index contributed by atoms with van der Waals surface area (Å²) in [5.41, 5.74) is 3.16. The molecule has 0 aliphatic carbocycles. The van der Waals surface area contributed by atoms with Crippen molar-refractivity contribution in [3.8, 4) is 11.1 Å². The minimum Gasteiger partial charge on any atom is -0.374 e. The number of carbonyl (C=O) groups is 4. The molecule has 2 amide bonds. The third-order valence-electron chi connectivity index (χ3n) is 9.34. The van der Waals surface area contributed by atoms with Crippen LogP contribution in [0.4, 0.5) is 5.82 Å². The van der Waals surface area contributed by atoms with Gasteiger partial charge in [0.05, 0.1) is 25.1 Å². The molecule has 10 heteroatoms. The van der Waals surface area contributed by atoms with Gasteiger partial charge in [0.15, 0.2) is 11.6 Å². The number of benzene rings is 3.